The van der Waals surface area contributed by atoms with Crippen LogP contribution in [0.4, 0.5) is 11.5 Å². The quantitative estimate of drug-likeness (QED) is 0.828. The molecule has 0 fully saturated rings. The molecule has 0 radical (unpaired) electrons. The smallest absolute Gasteiger partial charge is 0.341 e. The molecule has 2 rings (SSSR count). The summed E-state index contributed by atoms with van der Waals surface area (Å²) in [5.74, 6) is 0.0702. The van der Waals surface area contributed by atoms with Crippen LogP contribution in [0, 0.1) is 6.92 Å². The molecule has 3 N–H and O–H groups in total. The Morgan fingerprint density at radius 2 is 2.30 bits per heavy atom. The molecule has 20 heavy (non-hydrogen) atoms. The van der Waals surface area contributed by atoms with E-state index < -0.39 is 5.97 Å². The van der Waals surface area contributed by atoms with Gasteiger partial charge in [-0.15, -0.1) is 11.3 Å². The second-order valence-corrected chi connectivity index (χ2v) is 5.62. The molecular weight excluding hydrogens is 274 g/mol. The minimum atomic E-state index is -0.419. The highest BCUT2D eigenvalue weighted by Crippen LogP contribution is 2.20. The first-order valence-corrected chi connectivity index (χ1v) is 7.13. The highest BCUT2D eigenvalue weighted by Gasteiger charge is 2.14. The predicted molar refractivity (Wildman–Crippen MR) is 81.0 cm³/mol. The van der Waals surface area contributed by atoms with Crippen LogP contribution in [0.25, 0.3) is 0 Å². The van der Waals surface area contributed by atoms with Gasteiger partial charge in [-0.1, -0.05) is 0 Å². The van der Waals surface area contributed by atoms with Crippen LogP contribution in [-0.2, 0) is 11.3 Å². The van der Waals surface area contributed by atoms with Gasteiger partial charge in [-0.2, -0.15) is 0 Å². The molecule has 6 heteroatoms. The van der Waals surface area contributed by atoms with Crippen molar-refractivity contribution in [2.45, 2.75) is 20.4 Å². The first-order valence-electron chi connectivity index (χ1n) is 6.32. The van der Waals surface area contributed by atoms with Crippen LogP contribution in [-0.4, -0.2) is 17.6 Å². The van der Waals surface area contributed by atoms with Crippen molar-refractivity contribution in [3.8, 4) is 0 Å². The van der Waals surface area contributed by atoms with Crippen molar-refractivity contribution in [3.05, 3.63) is 39.7 Å². The van der Waals surface area contributed by atoms with E-state index in [1.807, 2.05) is 6.07 Å². The van der Waals surface area contributed by atoms with E-state index in [1.54, 1.807) is 24.3 Å². The van der Waals surface area contributed by atoms with Crippen LogP contribution in [0.1, 0.15) is 27.0 Å². The van der Waals surface area contributed by atoms with Gasteiger partial charge in [0.25, 0.3) is 0 Å². The summed E-state index contributed by atoms with van der Waals surface area (Å²) < 4.78 is 5.01. The molecule has 2 aromatic heterocycles. The molecule has 0 aliphatic carbocycles. The fourth-order valence-electron chi connectivity index (χ4n) is 1.74. The van der Waals surface area contributed by atoms with Crippen LogP contribution < -0.4 is 11.1 Å². The molecule has 0 atom stereocenters. The molecule has 0 aliphatic rings. The second-order valence-electron chi connectivity index (χ2n) is 4.25. The number of rotatable bonds is 5. The van der Waals surface area contributed by atoms with E-state index in [0.717, 1.165) is 0 Å². The lowest BCUT2D eigenvalue weighted by Gasteiger charge is -2.10. The zero-order valence-electron chi connectivity index (χ0n) is 11.5. The molecule has 0 amide bonds. The number of nitrogens with two attached hydrogens (primary N) is 1. The summed E-state index contributed by atoms with van der Waals surface area (Å²) in [6.45, 7) is 4.75. The normalized spacial score (nSPS) is 10.3. The van der Waals surface area contributed by atoms with Crippen LogP contribution >= 0.6 is 11.3 Å². The number of hydrogen-bond acceptors (Lipinski definition) is 6. The van der Waals surface area contributed by atoms with Gasteiger partial charge in [0.15, 0.2) is 0 Å². The molecule has 0 saturated carbocycles. The van der Waals surface area contributed by atoms with E-state index >= 15 is 0 Å². The second kappa shape index (κ2) is 6.38. The van der Waals surface area contributed by atoms with Gasteiger partial charge in [-0.3, -0.25) is 0 Å². The molecule has 106 valence electrons. The highest BCUT2D eigenvalue weighted by molar-refractivity contribution is 7.11. The summed E-state index contributed by atoms with van der Waals surface area (Å²) in [5.41, 5.74) is 6.47. The van der Waals surface area contributed by atoms with Crippen molar-refractivity contribution in [2.75, 3.05) is 17.7 Å². The number of anilines is 2. The summed E-state index contributed by atoms with van der Waals surface area (Å²) in [7, 11) is 0. The average molecular weight is 291 g/mol. The minimum absolute atomic E-state index is 0.317. The van der Waals surface area contributed by atoms with Gasteiger partial charge in [0.2, 0.25) is 0 Å². The lowest BCUT2D eigenvalue weighted by Crippen LogP contribution is -2.11. The summed E-state index contributed by atoms with van der Waals surface area (Å²) >= 11 is 1.70. The van der Waals surface area contributed by atoms with Gasteiger partial charge < -0.3 is 15.8 Å². The summed E-state index contributed by atoms with van der Waals surface area (Å²) in [4.78, 5) is 18.5. The molecule has 0 aliphatic heterocycles. The van der Waals surface area contributed by atoms with Gasteiger partial charge in [0.05, 0.1) is 25.0 Å². The lowest BCUT2D eigenvalue weighted by molar-refractivity contribution is 0.0527. The molecule has 0 saturated heterocycles. The Hall–Kier alpha value is -2.08. The molecule has 5 nitrogen and oxygen atoms in total. The number of nitrogen functional groups attached to an aromatic ring is 1. The maximum absolute atomic E-state index is 11.9. The largest absolute Gasteiger partial charge is 0.462 e. The molecule has 2 heterocycles. The molecule has 0 bridgehead atoms. The third-order valence-electron chi connectivity index (χ3n) is 2.63. The standard InChI is InChI=1S/C14H17N3O2S/c1-3-19-14(18)12-6-10(15)7-16-13(12)17-8-11-5-4-9(2)20-11/h4-7H,3,8,15H2,1-2H3,(H,16,17). The van der Waals surface area contributed by atoms with Gasteiger partial charge in [0.1, 0.15) is 11.4 Å². The number of ether oxygens (including phenoxy) is 1. The van der Waals surface area contributed by atoms with Crippen molar-refractivity contribution in [1.82, 2.24) is 4.98 Å². The Morgan fingerprint density at radius 1 is 1.50 bits per heavy atom. The van der Waals surface area contributed by atoms with E-state index in [-0.39, 0.29) is 0 Å². The number of hydrogen-bond donors (Lipinski definition) is 2. The topological polar surface area (TPSA) is 77.2 Å². The zero-order chi connectivity index (χ0) is 14.5. The number of pyridine rings is 1. The average Bonchev–Trinajstić information content (AvgIpc) is 2.83. The third-order valence-corrected chi connectivity index (χ3v) is 3.63. The number of aryl methyl sites for hydroxylation is 1. The van der Waals surface area contributed by atoms with Gasteiger partial charge in [0, 0.05) is 9.75 Å². The Balaban J connectivity index is 2.16. The summed E-state index contributed by atoms with van der Waals surface area (Å²) in [6.07, 6.45) is 1.52. The molecule has 0 unspecified atom stereocenters. The Morgan fingerprint density at radius 3 is 2.95 bits per heavy atom. The molecule has 0 spiro atoms. The molecular formula is C14H17N3O2S. The van der Waals surface area contributed by atoms with Crippen molar-refractivity contribution in [2.24, 2.45) is 0 Å². The van der Waals surface area contributed by atoms with Crippen molar-refractivity contribution in [1.29, 1.82) is 0 Å². The van der Waals surface area contributed by atoms with Crippen molar-refractivity contribution >= 4 is 28.8 Å². The molecule has 2 aromatic rings. The maximum atomic E-state index is 11.9. The number of thiophene rings is 1. The van der Waals surface area contributed by atoms with Crippen LogP contribution in [0.3, 0.4) is 0 Å². The van der Waals surface area contributed by atoms with Gasteiger partial charge >= 0.3 is 5.97 Å². The third kappa shape index (κ3) is 3.48. The summed E-state index contributed by atoms with van der Waals surface area (Å²) in [5, 5.41) is 3.15. The number of nitrogens with zero attached hydrogens (tertiary/aromatic N) is 1. The zero-order valence-corrected chi connectivity index (χ0v) is 12.3. The number of esters is 1. The summed E-state index contributed by atoms with van der Waals surface area (Å²) in [6, 6.07) is 5.69. The van der Waals surface area contributed by atoms with Gasteiger partial charge in [-0.25, -0.2) is 9.78 Å². The Bertz CT molecular complexity index is 610. The van der Waals surface area contributed by atoms with Crippen LogP contribution in [0.2, 0.25) is 0 Å². The van der Waals surface area contributed by atoms with E-state index in [0.29, 0.717) is 30.2 Å². The number of carbonyl (C=O) groups is 1. The minimum Gasteiger partial charge on any atom is -0.462 e. The Kier molecular flexibility index (Phi) is 4.57. The fraction of sp³-hybridized carbons (Fsp3) is 0.286. The number of nitrogens with one attached hydrogen (secondary N) is 1. The van der Waals surface area contributed by atoms with E-state index in [9.17, 15) is 4.79 Å². The fourth-order valence-corrected chi connectivity index (χ4v) is 2.57. The van der Waals surface area contributed by atoms with Crippen LogP contribution in [0.5, 0.6) is 0 Å². The Labute approximate surface area is 121 Å². The SMILES string of the molecule is CCOC(=O)c1cc(N)cnc1NCc1ccc(C)s1. The monoisotopic (exact) mass is 291 g/mol. The van der Waals surface area contributed by atoms with Gasteiger partial charge in [-0.05, 0) is 32.0 Å². The maximum Gasteiger partial charge on any atom is 0.341 e. The lowest BCUT2D eigenvalue weighted by atomic mass is 10.2. The highest BCUT2D eigenvalue weighted by atomic mass is 32.1. The van der Waals surface area contributed by atoms with E-state index in [4.69, 9.17) is 10.5 Å². The predicted octanol–water partition coefficient (Wildman–Crippen LogP) is 2.82. The van der Waals surface area contributed by atoms with Crippen molar-refractivity contribution in [3.63, 3.8) is 0 Å². The first-order chi connectivity index (χ1) is 9.60. The first kappa shape index (κ1) is 14.3. The number of carbonyl (C=O) groups excluding carboxylic acids is 1. The number of aromatic nitrogens is 1. The van der Waals surface area contributed by atoms with Crippen LogP contribution in [0.15, 0.2) is 24.4 Å². The van der Waals surface area contributed by atoms with E-state index in [2.05, 4.69) is 23.3 Å². The van der Waals surface area contributed by atoms with Crippen molar-refractivity contribution < 1.29 is 9.53 Å². The van der Waals surface area contributed by atoms with E-state index in [1.165, 1.54) is 16.0 Å². The molecule has 0 aromatic carbocycles.